The molecule has 1 heterocycles. The third kappa shape index (κ3) is 2.80. The fourth-order valence-corrected chi connectivity index (χ4v) is 3.16. The molecule has 2 aliphatic rings. The molecule has 3 atom stereocenters. The summed E-state index contributed by atoms with van der Waals surface area (Å²) in [4.78, 5) is 16.8. The number of carbonyl (C=O) groups is 1. The molecular formula is C13H25N3O. The normalized spacial score (nSPS) is 35.2. The van der Waals surface area contributed by atoms with E-state index in [1.54, 1.807) is 0 Å². The van der Waals surface area contributed by atoms with Crippen LogP contribution in [0.4, 0.5) is 0 Å². The van der Waals surface area contributed by atoms with Gasteiger partial charge in [-0.3, -0.25) is 9.69 Å². The molecule has 0 spiro atoms. The van der Waals surface area contributed by atoms with E-state index in [0.717, 1.165) is 45.4 Å². The first-order valence-electron chi connectivity index (χ1n) is 6.90. The fourth-order valence-electron chi connectivity index (χ4n) is 3.16. The largest absolute Gasteiger partial charge is 0.340 e. The zero-order valence-corrected chi connectivity index (χ0v) is 11.1. The van der Waals surface area contributed by atoms with E-state index >= 15 is 0 Å². The molecule has 3 unspecified atom stereocenters. The monoisotopic (exact) mass is 239 g/mol. The van der Waals surface area contributed by atoms with Crippen LogP contribution in [0.3, 0.4) is 0 Å². The van der Waals surface area contributed by atoms with Crippen molar-refractivity contribution < 1.29 is 4.79 Å². The SMILES string of the molecule is CCN1CCN(C(=O)C2CCC(N)C2)CC1C. The van der Waals surface area contributed by atoms with Gasteiger partial charge in [0.25, 0.3) is 0 Å². The summed E-state index contributed by atoms with van der Waals surface area (Å²) in [6.45, 7) is 8.27. The lowest BCUT2D eigenvalue weighted by Crippen LogP contribution is -2.54. The first-order valence-corrected chi connectivity index (χ1v) is 6.90. The Balaban J connectivity index is 1.89. The molecule has 17 heavy (non-hydrogen) atoms. The van der Waals surface area contributed by atoms with E-state index in [2.05, 4.69) is 23.6 Å². The second kappa shape index (κ2) is 5.36. The van der Waals surface area contributed by atoms with Crippen molar-refractivity contribution in [3.05, 3.63) is 0 Å². The molecule has 1 aliphatic heterocycles. The number of nitrogens with zero attached hydrogens (tertiary/aromatic N) is 2. The summed E-state index contributed by atoms with van der Waals surface area (Å²) in [7, 11) is 0. The minimum Gasteiger partial charge on any atom is -0.340 e. The molecule has 0 aromatic heterocycles. The Morgan fingerprint density at radius 3 is 2.65 bits per heavy atom. The van der Waals surface area contributed by atoms with Gasteiger partial charge in [-0.15, -0.1) is 0 Å². The molecular weight excluding hydrogens is 214 g/mol. The molecule has 1 saturated heterocycles. The van der Waals surface area contributed by atoms with Crippen molar-refractivity contribution in [2.45, 2.75) is 45.2 Å². The van der Waals surface area contributed by atoms with Gasteiger partial charge in [-0.2, -0.15) is 0 Å². The maximum absolute atomic E-state index is 12.3. The van der Waals surface area contributed by atoms with Crippen molar-refractivity contribution in [3.63, 3.8) is 0 Å². The minimum absolute atomic E-state index is 0.199. The molecule has 98 valence electrons. The Bertz CT molecular complexity index is 282. The molecule has 2 rings (SSSR count). The molecule has 2 fully saturated rings. The topological polar surface area (TPSA) is 49.6 Å². The minimum atomic E-state index is 0.199. The van der Waals surface area contributed by atoms with Gasteiger partial charge in [0, 0.05) is 37.6 Å². The number of amides is 1. The van der Waals surface area contributed by atoms with Gasteiger partial charge in [0.05, 0.1) is 0 Å². The van der Waals surface area contributed by atoms with Crippen LogP contribution in [0.25, 0.3) is 0 Å². The number of rotatable bonds is 2. The van der Waals surface area contributed by atoms with Crippen LogP contribution in [-0.2, 0) is 4.79 Å². The Hall–Kier alpha value is -0.610. The van der Waals surface area contributed by atoms with Crippen LogP contribution in [0.15, 0.2) is 0 Å². The van der Waals surface area contributed by atoms with Gasteiger partial charge in [-0.05, 0) is 32.7 Å². The molecule has 1 amide bonds. The van der Waals surface area contributed by atoms with Crippen molar-refractivity contribution in [2.75, 3.05) is 26.2 Å². The summed E-state index contributed by atoms with van der Waals surface area (Å²) in [6, 6.07) is 0.742. The smallest absolute Gasteiger partial charge is 0.225 e. The highest BCUT2D eigenvalue weighted by Crippen LogP contribution is 2.26. The zero-order valence-electron chi connectivity index (χ0n) is 11.1. The van der Waals surface area contributed by atoms with E-state index in [1.165, 1.54) is 0 Å². The van der Waals surface area contributed by atoms with Crippen LogP contribution < -0.4 is 5.73 Å². The van der Waals surface area contributed by atoms with Gasteiger partial charge in [0.1, 0.15) is 0 Å². The molecule has 0 bridgehead atoms. The van der Waals surface area contributed by atoms with E-state index in [4.69, 9.17) is 5.73 Å². The Morgan fingerprint density at radius 1 is 1.35 bits per heavy atom. The van der Waals surface area contributed by atoms with Gasteiger partial charge >= 0.3 is 0 Å². The van der Waals surface area contributed by atoms with Gasteiger partial charge in [0.15, 0.2) is 0 Å². The van der Waals surface area contributed by atoms with Crippen molar-refractivity contribution in [2.24, 2.45) is 11.7 Å². The van der Waals surface area contributed by atoms with E-state index < -0.39 is 0 Å². The van der Waals surface area contributed by atoms with Gasteiger partial charge in [0.2, 0.25) is 5.91 Å². The summed E-state index contributed by atoms with van der Waals surface area (Å²) < 4.78 is 0. The average Bonchev–Trinajstić information content (AvgIpc) is 2.75. The number of carbonyl (C=O) groups excluding carboxylic acids is 1. The average molecular weight is 239 g/mol. The Kier molecular flexibility index (Phi) is 4.05. The standard InChI is InChI=1S/C13H25N3O/c1-3-15-6-7-16(9-10(15)2)13(17)11-4-5-12(14)8-11/h10-12H,3-9,14H2,1-2H3. The van der Waals surface area contributed by atoms with Gasteiger partial charge in [-0.25, -0.2) is 0 Å². The van der Waals surface area contributed by atoms with E-state index in [9.17, 15) is 4.79 Å². The number of hydrogen-bond acceptors (Lipinski definition) is 3. The first kappa shape index (κ1) is 12.8. The third-order valence-corrected chi connectivity index (χ3v) is 4.31. The summed E-state index contributed by atoms with van der Waals surface area (Å²) in [6.07, 6.45) is 2.89. The van der Waals surface area contributed by atoms with Gasteiger partial charge in [-0.1, -0.05) is 6.92 Å². The zero-order chi connectivity index (χ0) is 12.4. The maximum atomic E-state index is 12.3. The molecule has 1 saturated carbocycles. The third-order valence-electron chi connectivity index (χ3n) is 4.31. The van der Waals surface area contributed by atoms with Crippen molar-refractivity contribution in [1.82, 2.24) is 9.80 Å². The van der Waals surface area contributed by atoms with Crippen LogP contribution in [0, 0.1) is 5.92 Å². The van der Waals surface area contributed by atoms with Crippen LogP contribution in [-0.4, -0.2) is 54.0 Å². The van der Waals surface area contributed by atoms with E-state index in [1.807, 2.05) is 0 Å². The summed E-state index contributed by atoms with van der Waals surface area (Å²) in [5.74, 6) is 0.547. The molecule has 0 radical (unpaired) electrons. The molecule has 0 aromatic carbocycles. The molecule has 4 heteroatoms. The maximum Gasteiger partial charge on any atom is 0.225 e. The number of piperazine rings is 1. The fraction of sp³-hybridized carbons (Fsp3) is 0.923. The second-order valence-corrected chi connectivity index (χ2v) is 5.53. The molecule has 1 aliphatic carbocycles. The van der Waals surface area contributed by atoms with E-state index in [0.29, 0.717) is 11.9 Å². The van der Waals surface area contributed by atoms with Crippen LogP contribution in [0.5, 0.6) is 0 Å². The highest BCUT2D eigenvalue weighted by atomic mass is 16.2. The lowest BCUT2D eigenvalue weighted by molar-refractivity contribution is -0.138. The van der Waals surface area contributed by atoms with Crippen molar-refractivity contribution >= 4 is 5.91 Å². The van der Waals surface area contributed by atoms with E-state index in [-0.39, 0.29) is 12.0 Å². The Morgan fingerprint density at radius 2 is 2.12 bits per heavy atom. The number of hydrogen-bond donors (Lipinski definition) is 1. The molecule has 0 aromatic rings. The van der Waals surface area contributed by atoms with Gasteiger partial charge < -0.3 is 10.6 Å². The second-order valence-electron chi connectivity index (χ2n) is 5.53. The number of nitrogens with two attached hydrogens (primary N) is 1. The molecule has 2 N–H and O–H groups in total. The number of likely N-dealkylation sites (N-methyl/N-ethyl adjacent to an activating group) is 1. The quantitative estimate of drug-likeness (QED) is 0.770. The highest BCUT2D eigenvalue weighted by molar-refractivity contribution is 5.79. The predicted molar refractivity (Wildman–Crippen MR) is 68.6 cm³/mol. The van der Waals surface area contributed by atoms with Crippen LogP contribution >= 0.6 is 0 Å². The summed E-state index contributed by atoms with van der Waals surface area (Å²) in [5.41, 5.74) is 5.88. The first-order chi connectivity index (χ1) is 8.11. The van der Waals surface area contributed by atoms with Crippen molar-refractivity contribution in [3.8, 4) is 0 Å². The predicted octanol–water partition coefficient (Wildman–Crippen LogP) is 0.666. The lowest BCUT2D eigenvalue weighted by Gasteiger charge is -2.40. The molecule has 4 nitrogen and oxygen atoms in total. The van der Waals surface area contributed by atoms with Crippen molar-refractivity contribution in [1.29, 1.82) is 0 Å². The Labute approximate surface area is 104 Å². The summed E-state index contributed by atoms with van der Waals surface area (Å²) in [5, 5.41) is 0. The lowest BCUT2D eigenvalue weighted by atomic mass is 10.0. The van der Waals surface area contributed by atoms with Crippen LogP contribution in [0.1, 0.15) is 33.1 Å². The van der Waals surface area contributed by atoms with Crippen LogP contribution in [0.2, 0.25) is 0 Å². The highest BCUT2D eigenvalue weighted by Gasteiger charge is 2.33. The summed E-state index contributed by atoms with van der Waals surface area (Å²) >= 11 is 0.